The van der Waals surface area contributed by atoms with Crippen LogP contribution in [0.3, 0.4) is 0 Å². The summed E-state index contributed by atoms with van der Waals surface area (Å²) in [6, 6.07) is 0. The first kappa shape index (κ1) is 12.3. The van der Waals surface area contributed by atoms with Crippen molar-refractivity contribution < 1.29 is 9.53 Å². The predicted octanol–water partition coefficient (Wildman–Crippen LogP) is 3.61. The van der Waals surface area contributed by atoms with Gasteiger partial charge in [-0.25, -0.2) is 0 Å². The average molecular weight is 210 g/mol. The quantitative estimate of drug-likeness (QED) is 0.380. The van der Waals surface area contributed by atoms with E-state index in [1.54, 1.807) is 0 Å². The van der Waals surface area contributed by atoms with Crippen molar-refractivity contribution in [2.45, 2.75) is 63.9 Å². The van der Waals surface area contributed by atoms with E-state index in [2.05, 4.69) is 6.58 Å². The second kappa shape index (κ2) is 7.49. The molecule has 0 radical (unpaired) electrons. The average Bonchev–Trinajstić information content (AvgIpc) is 2.26. The lowest BCUT2D eigenvalue weighted by Gasteiger charge is -2.21. The molecule has 0 bridgehead atoms. The van der Waals surface area contributed by atoms with E-state index in [1.807, 2.05) is 6.08 Å². The smallest absolute Gasteiger partial charge is 0.306 e. The van der Waals surface area contributed by atoms with E-state index in [0.717, 1.165) is 32.1 Å². The molecule has 0 aromatic carbocycles. The molecule has 0 aromatic rings. The molecule has 0 unspecified atom stereocenters. The summed E-state index contributed by atoms with van der Waals surface area (Å²) in [5, 5.41) is 0. The van der Waals surface area contributed by atoms with E-state index in [9.17, 15) is 4.79 Å². The number of allylic oxidation sites excluding steroid dienone is 1. The molecule has 1 saturated carbocycles. The van der Waals surface area contributed by atoms with Crippen LogP contribution in [-0.2, 0) is 9.53 Å². The summed E-state index contributed by atoms with van der Waals surface area (Å²) in [5.41, 5.74) is 0. The number of hydrogen-bond donors (Lipinski definition) is 0. The number of esters is 1. The Bertz CT molecular complexity index is 193. The maximum atomic E-state index is 11.4. The minimum absolute atomic E-state index is 0.00837. The summed E-state index contributed by atoms with van der Waals surface area (Å²) in [6.07, 6.45) is 11.5. The van der Waals surface area contributed by atoms with Crippen LogP contribution in [0.25, 0.3) is 0 Å². The van der Waals surface area contributed by atoms with Gasteiger partial charge in [-0.2, -0.15) is 0 Å². The first-order valence-corrected chi connectivity index (χ1v) is 6.13. The molecule has 15 heavy (non-hydrogen) atoms. The molecular formula is C13H22O2. The minimum Gasteiger partial charge on any atom is -0.462 e. The van der Waals surface area contributed by atoms with Crippen LogP contribution < -0.4 is 0 Å². The fraction of sp³-hybridized carbons (Fsp3) is 0.769. The number of hydrogen-bond acceptors (Lipinski definition) is 2. The third-order valence-corrected chi connectivity index (χ3v) is 2.89. The number of ether oxygens (including phenoxy) is 1. The maximum absolute atomic E-state index is 11.4. The molecule has 86 valence electrons. The largest absolute Gasteiger partial charge is 0.462 e. The molecule has 1 aliphatic rings. The van der Waals surface area contributed by atoms with Gasteiger partial charge in [0, 0.05) is 6.42 Å². The molecule has 2 nitrogen and oxygen atoms in total. The lowest BCUT2D eigenvalue weighted by molar-refractivity contribution is -0.150. The van der Waals surface area contributed by atoms with Gasteiger partial charge in [0.15, 0.2) is 0 Å². The number of carbonyl (C=O) groups is 1. The zero-order valence-electron chi connectivity index (χ0n) is 9.54. The molecule has 0 saturated heterocycles. The second-order valence-electron chi connectivity index (χ2n) is 4.28. The summed E-state index contributed by atoms with van der Waals surface area (Å²) in [4.78, 5) is 11.4. The third kappa shape index (κ3) is 5.60. The Labute approximate surface area is 92.7 Å². The highest BCUT2D eigenvalue weighted by Crippen LogP contribution is 2.20. The summed E-state index contributed by atoms with van der Waals surface area (Å²) in [5.74, 6) is -0.00837. The van der Waals surface area contributed by atoms with Gasteiger partial charge in [0.25, 0.3) is 0 Å². The highest BCUT2D eigenvalue weighted by molar-refractivity contribution is 5.69. The first-order valence-electron chi connectivity index (χ1n) is 6.13. The van der Waals surface area contributed by atoms with E-state index in [4.69, 9.17) is 4.74 Å². The van der Waals surface area contributed by atoms with Crippen LogP contribution in [0.2, 0.25) is 0 Å². The Morgan fingerprint density at radius 2 is 2.00 bits per heavy atom. The monoisotopic (exact) mass is 210 g/mol. The van der Waals surface area contributed by atoms with Gasteiger partial charge in [0.1, 0.15) is 6.10 Å². The molecule has 0 atom stereocenters. The number of unbranched alkanes of at least 4 members (excludes halogenated alkanes) is 2. The van der Waals surface area contributed by atoms with Gasteiger partial charge < -0.3 is 4.74 Å². The summed E-state index contributed by atoms with van der Waals surface area (Å²) in [6.45, 7) is 3.65. The SMILES string of the molecule is C=CCCCCC(=O)OC1CCCCC1. The van der Waals surface area contributed by atoms with Crippen LogP contribution in [-0.4, -0.2) is 12.1 Å². The lowest BCUT2D eigenvalue weighted by atomic mass is 9.98. The summed E-state index contributed by atoms with van der Waals surface area (Å²) in [7, 11) is 0. The highest BCUT2D eigenvalue weighted by atomic mass is 16.5. The first-order chi connectivity index (χ1) is 7.33. The number of rotatable bonds is 6. The van der Waals surface area contributed by atoms with Crippen molar-refractivity contribution in [3.63, 3.8) is 0 Å². The van der Waals surface area contributed by atoms with Gasteiger partial charge in [0.05, 0.1) is 0 Å². The highest BCUT2D eigenvalue weighted by Gasteiger charge is 2.16. The van der Waals surface area contributed by atoms with Crippen LogP contribution in [0.4, 0.5) is 0 Å². The van der Waals surface area contributed by atoms with Gasteiger partial charge in [-0.05, 0) is 44.9 Å². The van der Waals surface area contributed by atoms with Crippen LogP contribution in [0, 0.1) is 0 Å². The minimum atomic E-state index is -0.00837. The van der Waals surface area contributed by atoms with Crippen molar-refractivity contribution in [1.82, 2.24) is 0 Å². The van der Waals surface area contributed by atoms with Crippen molar-refractivity contribution in [2.24, 2.45) is 0 Å². The van der Waals surface area contributed by atoms with E-state index in [1.165, 1.54) is 19.3 Å². The Morgan fingerprint density at radius 1 is 1.27 bits per heavy atom. The molecule has 0 amide bonds. The van der Waals surface area contributed by atoms with Crippen molar-refractivity contribution in [3.05, 3.63) is 12.7 Å². The molecule has 0 aliphatic heterocycles. The van der Waals surface area contributed by atoms with Gasteiger partial charge in [-0.3, -0.25) is 4.79 Å². The van der Waals surface area contributed by atoms with Gasteiger partial charge >= 0.3 is 5.97 Å². The van der Waals surface area contributed by atoms with Gasteiger partial charge in [-0.1, -0.05) is 12.5 Å². The van der Waals surface area contributed by atoms with Crippen LogP contribution in [0.5, 0.6) is 0 Å². The van der Waals surface area contributed by atoms with Crippen molar-refractivity contribution in [1.29, 1.82) is 0 Å². The van der Waals surface area contributed by atoms with Crippen molar-refractivity contribution in [3.8, 4) is 0 Å². The van der Waals surface area contributed by atoms with Gasteiger partial charge in [0.2, 0.25) is 0 Å². The Balaban J connectivity index is 2.04. The summed E-state index contributed by atoms with van der Waals surface area (Å²) < 4.78 is 5.41. The Hall–Kier alpha value is -0.790. The maximum Gasteiger partial charge on any atom is 0.306 e. The lowest BCUT2D eigenvalue weighted by Crippen LogP contribution is -2.20. The summed E-state index contributed by atoms with van der Waals surface area (Å²) >= 11 is 0. The fourth-order valence-electron chi connectivity index (χ4n) is 1.99. The van der Waals surface area contributed by atoms with Crippen molar-refractivity contribution >= 4 is 5.97 Å². The zero-order chi connectivity index (χ0) is 10.9. The topological polar surface area (TPSA) is 26.3 Å². The molecule has 0 spiro atoms. The third-order valence-electron chi connectivity index (χ3n) is 2.89. The fourth-order valence-corrected chi connectivity index (χ4v) is 1.99. The van der Waals surface area contributed by atoms with Crippen LogP contribution in [0.15, 0.2) is 12.7 Å². The zero-order valence-corrected chi connectivity index (χ0v) is 9.54. The second-order valence-corrected chi connectivity index (χ2v) is 4.28. The van der Waals surface area contributed by atoms with E-state index < -0.39 is 0 Å². The van der Waals surface area contributed by atoms with Crippen molar-refractivity contribution in [2.75, 3.05) is 0 Å². The Kier molecular flexibility index (Phi) is 6.14. The normalized spacial score (nSPS) is 17.3. The molecule has 0 heterocycles. The molecule has 1 fully saturated rings. The molecule has 1 aliphatic carbocycles. The van der Waals surface area contributed by atoms with E-state index in [-0.39, 0.29) is 12.1 Å². The predicted molar refractivity (Wildman–Crippen MR) is 61.6 cm³/mol. The molecule has 2 heteroatoms. The molecular weight excluding hydrogens is 188 g/mol. The van der Waals surface area contributed by atoms with E-state index >= 15 is 0 Å². The molecule has 0 N–H and O–H groups in total. The molecule has 0 aromatic heterocycles. The van der Waals surface area contributed by atoms with Gasteiger partial charge in [-0.15, -0.1) is 6.58 Å². The number of carbonyl (C=O) groups excluding carboxylic acids is 1. The standard InChI is InChI=1S/C13H22O2/c1-2-3-4-8-11-13(14)15-12-9-6-5-7-10-12/h2,12H,1,3-11H2. The Morgan fingerprint density at radius 3 is 2.67 bits per heavy atom. The van der Waals surface area contributed by atoms with E-state index in [0.29, 0.717) is 6.42 Å². The molecule has 1 rings (SSSR count). The van der Waals surface area contributed by atoms with Crippen LogP contribution >= 0.6 is 0 Å². The van der Waals surface area contributed by atoms with Crippen LogP contribution in [0.1, 0.15) is 57.8 Å².